The van der Waals surface area contributed by atoms with E-state index in [1.54, 1.807) is 19.2 Å². The molecular weight excluding hydrogens is 262 g/mol. The zero-order valence-electron chi connectivity index (χ0n) is 10.4. The molecule has 1 aliphatic heterocycles. The number of para-hydroxylation sites is 1. The van der Waals surface area contributed by atoms with Gasteiger partial charge >= 0.3 is 0 Å². The van der Waals surface area contributed by atoms with Gasteiger partial charge in [0.15, 0.2) is 5.78 Å². The number of carbonyl (C=O) groups is 1. The van der Waals surface area contributed by atoms with Crippen molar-refractivity contribution in [2.75, 3.05) is 0 Å². The first-order valence-electron chi connectivity index (χ1n) is 6.03. The summed E-state index contributed by atoms with van der Waals surface area (Å²) >= 11 is 6.17. The molecule has 1 aromatic carbocycles. The minimum absolute atomic E-state index is 0.00178. The molecule has 0 fully saturated rings. The number of carbonyl (C=O) groups excluding carboxylic acids is 1. The number of ketones is 1. The van der Waals surface area contributed by atoms with Crippen LogP contribution in [-0.2, 0) is 0 Å². The average molecular weight is 274 g/mol. The Morgan fingerprint density at radius 1 is 1.47 bits per heavy atom. The maximum absolute atomic E-state index is 11.8. The van der Waals surface area contributed by atoms with E-state index in [0.717, 1.165) is 22.9 Å². The summed E-state index contributed by atoms with van der Waals surface area (Å²) < 4.78 is 0. The first kappa shape index (κ1) is 12.1. The number of fused-ring (bicyclic) bond motifs is 1. The highest BCUT2D eigenvalue weighted by Crippen LogP contribution is 2.32. The standard InChI is InChI=1S/C14H12ClN3O/c1-8(19)10-7-16-14-9(3-2-4-11(14)15)13(10)12-5-6-17-18-12/h2-4,6-7,12,18H,5H2,1H3. The SMILES string of the molecule is CC(=O)c1cnc2c(Cl)cccc2c1C1CC=NN1. The van der Waals surface area contributed by atoms with Crippen molar-refractivity contribution in [1.82, 2.24) is 10.4 Å². The minimum Gasteiger partial charge on any atom is -0.302 e. The van der Waals surface area contributed by atoms with Gasteiger partial charge < -0.3 is 5.43 Å². The summed E-state index contributed by atoms with van der Waals surface area (Å²) in [6.45, 7) is 1.55. The van der Waals surface area contributed by atoms with E-state index in [-0.39, 0.29) is 11.8 Å². The van der Waals surface area contributed by atoms with Gasteiger partial charge in [0, 0.05) is 29.8 Å². The van der Waals surface area contributed by atoms with Crippen LogP contribution in [-0.4, -0.2) is 17.0 Å². The predicted molar refractivity (Wildman–Crippen MR) is 75.7 cm³/mol. The number of rotatable bonds is 2. The fourth-order valence-electron chi connectivity index (χ4n) is 2.40. The lowest BCUT2D eigenvalue weighted by Crippen LogP contribution is -2.15. The van der Waals surface area contributed by atoms with Crippen molar-refractivity contribution in [2.24, 2.45) is 5.10 Å². The quantitative estimate of drug-likeness (QED) is 0.856. The second-order valence-electron chi connectivity index (χ2n) is 4.51. The molecule has 4 nitrogen and oxygen atoms in total. The fourth-order valence-corrected chi connectivity index (χ4v) is 2.62. The molecule has 2 aromatic rings. The summed E-state index contributed by atoms with van der Waals surface area (Å²) in [5.41, 5.74) is 5.30. The van der Waals surface area contributed by atoms with E-state index in [9.17, 15) is 4.79 Å². The Balaban J connectivity index is 2.32. The maximum Gasteiger partial charge on any atom is 0.161 e. The van der Waals surface area contributed by atoms with Crippen molar-refractivity contribution in [3.8, 4) is 0 Å². The molecule has 5 heteroatoms. The maximum atomic E-state index is 11.8. The van der Waals surface area contributed by atoms with Crippen molar-refractivity contribution in [1.29, 1.82) is 0 Å². The van der Waals surface area contributed by atoms with Crippen LogP contribution in [0.5, 0.6) is 0 Å². The molecule has 1 aromatic heterocycles. The molecule has 19 heavy (non-hydrogen) atoms. The van der Waals surface area contributed by atoms with Gasteiger partial charge in [0.25, 0.3) is 0 Å². The molecule has 96 valence electrons. The second-order valence-corrected chi connectivity index (χ2v) is 4.91. The topological polar surface area (TPSA) is 54.4 Å². The lowest BCUT2D eigenvalue weighted by Gasteiger charge is -2.16. The third-order valence-corrected chi connectivity index (χ3v) is 3.59. The van der Waals surface area contributed by atoms with Gasteiger partial charge in [0.2, 0.25) is 0 Å². The van der Waals surface area contributed by atoms with Gasteiger partial charge in [-0.3, -0.25) is 9.78 Å². The molecule has 0 saturated carbocycles. The fraction of sp³-hybridized carbons (Fsp3) is 0.214. The molecule has 3 rings (SSSR count). The molecule has 0 aliphatic carbocycles. The Hall–Kier alpha value is -1.94. The number of aromatic nitrogens is 1. The Morgan fingerprint density at radius 2 is 2.32 bits per heavy atom. The number of hydrogen-bond acceptors (Lipinski definition) is 4. The Kier molecular flexibility index (Phi) is 2.95. The van der Waals surface area contributed by atoms with Crippen molar-refractivity contribution in [3.63, 3.8) is 0 Å². The van der Waals surface area contributed by atoms with Crippen molar-refractivity contribution >= 4 is 34.5 Å². The van der Waals surface area contributed by atoms with Crippen molar-refractivity contribution in [2.45, 2.75) is 19.4 Å². The van der Waals surface area contributed by atoms with Gasteiger partial charge in [-0.2, -0.15) is 5.10 Å². The summed E-state index contributed by atoms with van der Waals surface area (Å²) in [6.07, 6.45) is 4.17. The largest absolute Gasteiger partial charge is 0.302 e. The van der Waals surface area contributed by atoms with Gasteiger partial charge in [-0.05, 0) is 18.6 Å². The van der Waals surface area contributed by atoms with E-state index in [0.29, 0.717) is 10.6 Å². The number of nitrogens with one attached hydrogen (secondary N) is 1. The van der Waals surface area contributed by atoms with Crippen LogP contribution >= 0.6 is 11.6 Å². The van der Waals surface area contributed by atoms with Gasteiger partial charge in [0.1, 0.15) is 0 Å². The van der Waals surface area contributed by atoms with Gasteiger partial charge in [-0.15, -0.1) is 0 Å². The highest BCUT2D eigenvalue weighted by Gasteiger charge is 2.22. The van der Waals surface area contributed by atoms with Crippen LogP contribution in [0.1, 0.15) is 35.3 Å². The van der Waals surface area contributed by atoms with E-state index >= 15 is 0 Å². The van der Waals surface area contributed by atoms with E-state index in [2.05, 4.69) is 15.5 Å². The number of pyridine rings is 1. The predicted octanol–water partition coefficient (Wildman–Crippen LogP) is 3.11. The van der Waals surface area contributed by atoms with E-state index in [4.69, 9.17) is 11.6 Å². The first-order chi connectivity index (χ1) is 9.18. The van der Waals surface area contributed by atoms with Gasteiger partial charge in [0.05, 0.1) is 16.6 Å². The Labute approximate surface area is 115 Å². The highest BCUT2D eigenvalue weighted by atomic mass is 35.5. The molecule has 0 bridgehead atoms. The number of hydrogen-bond donors (Lipinski definition) is 1. The molecule has 1 atom stereocenters. The van der Waals surface area contributed by atoms with E-state index < -0.39 is 0 Å². The van der Waals surface area contributed by atoms with Gasteiger partial charge in [-0.1, -0.05) is 23.7 Å². The van der Waals surface area contributed by atoms with Crippen LogP contribution in [0.4, 0.5) is 0 Å². The van der Waals surface area contributed by atoms with Crippen LogP contribution in [0.15, 0.2) is 29.5 Å². The normalized spacial score (nSPS) is 17.7. The number of nitrogens with zero attached hydrogens (tertiary/aromatic N) is 2. The summed E-state index contributed by atoms with van der Waals surface area (Å²) in [7, 11) is 0. The summed E-state index contributed by atoms with van der Waals surface area (Å²) in [5.74, 6) is -0.00178. The second kappa shape index (κ2) is 4.63. The summed E-state index contributed by atoms with van der Waals surface area (Å²) in [6, 6.07) is 5.61. The van der Waals surface area contributed by atoms with Gasteiger partial charge in [-0.25, -0.2) is 0 Å². The number of Topliss-reactive ketones (excluding diaryl/α,β-unsaturated/α-hetero) is 1. The van der Waals surface area contributed by atoms with Crippen LogP contribution < -0.4 is 5.43 Å². The summed E-state index contributed by atoms with van der Waals surface area (Å²) in [4.78, 5) is 16.1. The van der Waals surface area contributed by atoms with E-state index in [1.807, 2.05) is 18.3 Å². The van der Waals surface area contributed by atoms with Crippen LogP contribution in [0.3, 0.4) is 0 Å². The molecule has 1 aliphatic rings. The average Bonchev–Trinajstić information content (AvgIpc) is 2.91. The third kappa shape index (κ3) is 1.98. The van der Waals surface area contributed by atoms with E-state index in [1.165, 1.54) is 0 Å². The molecule has 1 unspecified atom stereocenters. The molecular formula is C14H12ClN3O. The minimum atomic E-state index is -0.00178. The summed E-state index contributed by atoms with van der Waals surface area (Å²) in [5, 5.41) is 5.53. The zero-order chi connectivity index (χ0) is 13.4. The molecule has 0 saturated heterocycles. The van der Waals surface area contributed by atoms with Crippen molar-refractivity contribution < 1.29 is 4.79 Å². The Bertz CT molecular complexity index is 688. The number of hydrazone groups is 1. The zero-order valence-corrected chi connectivity index (χ0v) is 11.1. The highest BCUT2D eigenvalue weighted by molar-refractivity contribution is 6.35. The lowest BCUT2D eigenvalue weighted by molar-refractivity contribution is 0.101. The Morgan fingerprint density at radius 3 is 3.00 bits per heavy atom. The van der Waals surface area contributed by atoms with Crippen molar-refractivity contribution in [3.05, 3.63) is 40.5 Å². The number of halogens is 1. The van der Waals surface area contributed by atoms with Crippen LogP contribution in [0.2, 0.25) is 5.02 Å². The first-order valence-corrected chi connectivity index (χ1v) is 6.41. The molecule has 0 radical (unpaired) electrons. The van der Waals surface area contributed by atoms with Crippen LogP contribution in [0, 0.1) is 0 Å². The molecule has 1 N–H and O–H groups in total. The number of benzene rings is 1. The third-order valence-electron chi connectivity index (χ3n) is 3.28. The molecule has 2 heterocycles. The smallest absolute Gasteiger partial charge is 0.161 e. The lowest BCUT2D eigenvalue weighted by atomic mass is 9.94. The molecule has 0 spiro atoms. The monoisotopic (exact) mass is 273 g/mol. The van der Waals surface area contributed by atoms with Crippen LogP contribution in [0.25, 0.3) is 10.9 Å². The molecule has 0 amide bonds.